The lowest BCUT2D eigenvalue weighted by molar-refractivity contribution is 0.0263. The van der Waals surface area contributed by atoms with Gasteiger partial charge < -0.3 is 9.80 Å². The van der Waals surface area contributed by atoms with Crippen molar-refractivity contribution in [2.75, 3.05) is 26.2 Å². The molecule has 0 spiro atoms. The number of piperidine rings is 2. The van der Waals surface area contributed by atoms with E-state index < -0.39 is 0 Å². The van der Waals surface area contributed by atoms with E-state index >= 15 is 0 Å². The first kappa shape index (κ1) is 15.3. The van der Waals surface area contributed by atoms with E-state index in [9.17, 15) is 0 Å². The molecule has 19 heavy (non-hydrogen) atoms. The lowest BCUT2D eigenvalue weighted by atomic mass is 9.84. The van der Waals surface area contributed by atoms with Crippen LogP contribution in [-0.4, -0.2) is 48.1 Å². The van der Waals surface area contributed by atoms with Crippen LogP contribution in [0.25, 0.3) is 0 Å². The van der Waals surface area contributed by atoms with Crippen molar-refractivity contribution in [3.8, 4) is 0 Å². The van der Waals surface area contributed by atoms with Crippen LogP contribution in [-0.2, 0) is 0 Å². The lowest BCUT2D eigenvalue weighted by Gasteiger charge is -2.46. The summed E-state index contributed by atoms with van der Waals surface area (Å²) in [4.78, 5) is 5.46. The van der Waals surface area contributed by atoms with Crippen molar-refractivity contribution in [3.63, 3.8) is 0 Å². The summed E-state index contributed by atoms with van der Waals surface area (Å²) >= 11 is 0. The number of hydrogen-bond donors (Lipinski definition) is 0. The first-order valence-electron chi connectivity index (χ1n) is 8.47. The molecule has 2 aliphatic heterocycles. The molecule has 0 saturated carbocycles. The van der Waals surface area contributed by atoms with E-state index in [1.165, 1.54) is 45.4 Å². The molecule has 112 valence electrons. The van der Waals surface area contributed by atoms with Crippen molar-refractivity contribution in [3.05, 3.63) is 0 Å². The monoisotopic (exact) mass is 266 g/mol. The van der Waals surface area contributed by atoms with Crippen LogP contribution in [0.2, 0.25) is 0 Å². The standard InChI is InChI=1S/C17H34N2/c1-13(2)16-6-9-18(10-7-16)17-8-11-19(14(3)4)12-15(17)5/h13-17H,6-12H2,1-5H3/t15-,17-/m0/s1. The van der Waals surface area contributed by atoms with Gasteiger partial charge in [-0.15, -0.1) is 0 Å². The van der Waals surface area contributed by atoms with Gasteiger partial charge in [-0.2, -0.15) is 0 Å². The van der Waals surface area contributed by atoms with E-state index in [1.54, 1.807) is 0 Å². The van der Waals surface area contributed by atoms with Gasteiger partial charge in [0.05, 0.1) is 0 Å². The van der Waals surface area contributed by atoms with E-state index in [-0.39, 0.29) is 0 Å². The van der Waals surface area contributed by atoms with Gasteiger partial charge in [-0.3, -0.25) is 0 Å². The molecular formula is C17H34N2. The molecule has 2 aliphatic rings. The molecule has 0 radical (unpaired) electrons. The van der Waals surface area contributed by atoms with E-state index in [4.69, 9.17) is 0 Å². The van der Waals surface area contributed by atoms with Crippen LogP contribution in [0.15, 0.2) is 0 Å². The highest BCUT2D eigenvalue weighted by molar-refractivity contribution is 4.88. The van der Waals surface area contributed by atoms with E-state index in [0.29, 0.717) is 0 Å². The average Bonchev–Trinajstić information content (AvgIpc) is 2.38. The molecule has 2 rings (SSSR count). The molecule has 0 unspecified atom stereocenters. The number of rotatable bonds is 3. The predicted octanol–water partition coefficient (Wildman–Crippen LogP) is 3.47. The Bertz CT molecular complexity index is 266. The molecule has 0 aromatic heterocycles. The van der Waals surface area contributed by atoms with Gasteiger partial charge in [-0.05, 0) is 70.5 Å². The Hall–Kier alpha value is -0.0800. The molecular weight excluding hydrogens is 232 g/mol. The molecule has 0 bridgehead atoms. The maximum Gasteiger partial charge on any atom is 0.0145 e. The third kappa shape index (κ3) is 3.72. The fraction of sp³-hybridized carbons (Fsp3) is 1.00. The van der Waals surface area contributed by atoms with Crippen molar-refractivity contribution >= 4 is 0 Å². The molecule has 2 heteroatoms. The zero-order chi connectivity index (χ0) is 14.0. The SMILES string of the molecule is CC(C)C1CCN([C@H]2CCN(C(C)C)C[C@@H]2C)CC1. The summed E-state index contributed by atoms with van der Waals surface area (Å²) in [5, 5.41) is 0. The number of hydrogen-bond acceptors (Lipinski definition) is 2. The maximum atomic E-state index is 2.81. The Morgan fingerprint density at radius 3 is 2.00 bits per heavy atom. The topological polar surface area (TPSA) is 6.48 Å². The van der Waals surface area contributed by atoms with Crippen LogP contribution in [0.1, 0.15) is 53.9 Å². The zero-order valence-electron chi connectivity index (χ0n) is 13.7. The lowest BCUT2D eigenvalue weighted by Crippen LogP contribution is -2.53. The highest BCUT2D eigenvalue weighted by Gasteiger charge is 2.33. The third-order valence-corrected chi connectivity index (χ3v) is 5.61. The molecule has 2 nitrogen and oxygen atoms in total. The van der Waals surface area contributed by atoms with Crippen LogP contribution in [0.4, 0.5) is 0 Å². The van der Waals surface area contributed by atoms with Crippen molar-refractivity contribution < 1.29 is 0 Å². The Morgan fingerprint density at radius 2 is 1.53 bits per heavy atom. The van der Waals surface area contributed by atoms with Gasteiger partial charge >= 0.3 is 0 Å². The Balaban J connectivity index is 1.84. The molecule has 0 aliphatic carbocycles. The van der Waals surface area contributed by atoms with E-state index in [2.05, 4.69) is 44.4 Å². The highest BCUT2D eigenvalue weighted by atomic mass is 15.2. The average molecular weight is 266 g/mol. The van der Waals surface area contributed by atoms with Gasteiger partial charge in [0.15, 0.2) is 0 Å². The van der Waals surface area contributed by atoms with Gasteiger partial charge in [0.2, 0.25) is 0 Å². The van der Waals surface area contributed by atoms with Crippen LogP contribution in [0, 0.1) is 17.8 Å². The van der Waals surface area contributed by atoms with Crippen molar-refractivity contribution in [1.29, 1.82) is 0 Å². The minimum Gasteiger partial charge on any atom is -0.301 e. The number of nitrogens with zero attached hydrogens (tertiary/aromatic N) is 2. The minimum atomic E-state index is 0.718. The Morgan fingerprint density at radius 1 is 0.895 bits per heavy atom. The van der Waals surface area contributed by atoms with Crippen LogP contribution in [0.3, 0.4) is 0 Å². The molecule has 2 atom stereocenters. The van der Waals surface area contributed by atoms with Gasteiger partial charge in [0.1, 0.15) is 0 Å². The molecule has 0 N–H and O–H groups in total. The second-order valence-corrected chi connectivity index (χ2v) is 7.54. The van der Waals surface area contributed by atoms with Crippen LogP contribution < -0.4 is 0 Å². The summed E-state index contributed by atoms with van der Waals surface area (Å²) < 4.78 is 0. The fourth-order valence-electron chi connectivity index (χ4n) is 4.09. The van der Waals surface area contributed by atoms with Gasteiger partial charge in [-0.1, -0.05) is 20.8 Å². The van der Waals surface area contributed by atoms with Crippen molar-refractivity contribution in [1.82, 2.24) is 9.80 Å². The van der Waals surface area contributed by atoms with Crippen LogP contribution >= 0.6 is 0 Å². The summed E-state index contributed by atoms with van der Waals surface area (Å²) in [5.74, 6) is 2.69. The summed E-state index contributed by atoms with van der Waals surface area (Å²) in [6.45, 7) is 17.2. The second kappa shape index (κ2) is 6.58. The Kier molecular flexibility index (Phi) is 5.30. The summed E-state index contributed by atoms with van der Waals surface area (Å²) in [6.07, 6.45) is 4.23. The first-order chi connectivity index (χ1) is 8.99. The van der Waals surface area contributed by atoms with E-state index in [1.807, 2.05) is 0 Å². The molecule has 0 amide bonds. The summed E-state index contributed by atoms with van der Waals surface area (Å²) in [7, 11) is 0. The Labute approximate surface area is 120 Å². The molecule has 2 heterocycles. The van der Waals surface area contributed by atoms with Gasteiger partial charge in [-0.25, -0.2) is 0 Å². The normalized spacial score (nSPS) is 32.4. The van der Waals surface area contributed by atoms with Crippen LogP contribution in [0.5, 0.6) is 0 Å². The largest absolute Gasteiger partial charge is 0.301 e. The number of likely N-dealkylation sites (tertiary alicyclic amines) is 2. The van der Waals surface area contributed by atoms with Crippen molar-refractivity contribution in [2.24, 2.45) is 17.8 Å². The smallest absolute Gasteiger partial charge is 0.0145 e. The minimum absolute atomic E-state index is 0.718. The second-order valence-electron chi connectivity index (χ2n) is 7.54. The zero-order valence-corrected chi connectivity index (χ0v) is 13.7. The quantitative estimate of drug-likeness (QED) is 0.772. The van der Waals surface area contributed by atoms with Crippen molar-refractivity contribution in [2.45, 2.75) is 66.0 Å². The molecule has 2 saturated heterocycles. The molecule has 2 fully saturated rings. The van der Waals surface area contributed by atoms with Gasteiger partial charge in [0.25, 0.3) is 0 Å². The summed E-state index contributed by atoms with van der Waals surface area (Å²) in [6, 6.07) is 1.57. The molecule has 0 aromatic rings. The maximum absolute atomic E-state index is 2.81. The third-order valence-electron chi connectivity index (χ3n) is 5.61. The van der Waals surface area contributed by atoms with E-state index in [0.717, 1.165) is 29.8 Å². The molecule has 0 aromatic carbocycles. The fourth-order valence-corrected chi connectivity index (χ4v) is 4.09. The summed E-state index contributed by atoms with van der Waals surface area (Å²) in [5.41, 5.74) is 0. The first-order valence-corrected chi connectivity index (χ1v) is 8.47. The van der Waals surface area contributed by atoms with Gasteiger partial charge in [0, 0.05) is 18.6 Å². The highest BCUT2D eigenvalue weighted by Crippen LogP contribution is 2.30. The predicted molar refractivity (Wildman–Crippen MR) is 83.4 cm³/mol.